The van der Waals surface area contributed by atoms with Gasteiger partial charge in [0.2, 0.25) is 11.8 Å². The Morgan fingerprint density at radius 3 is 2.70 bits per heavy atom. The van der Waals surface area contributed by atoms with Crippen LogP contribution in [-0.4, -0.2) is 50.1 Å². The minimum Gasteiger partial charge on any atom is -0.477 e. The van der Waals surface area contributed by atoms with Gasteiger partial charge in [-0.3, -0.25) is 14.5 Å². The van der Waals surface area contributed by atoms with Gasteiger partial charge in [0.1, 0.15) is 5.37 Å². The highest BCUT2D eigenvalue weighted by atomic mass is 32.2. The second-order valence-electron chi connectivity index (χ2n) is 4.49. The number of carboxylic acid groups (broad SMARTS) is 1. The van der Waals surface area contributed by atoms with E-state index in [1.807, 2.05) is 0 Å². The Morgan fingerprint density at radius 1 is 1.55 bits per heavy atom. The molecule has 2 aliphatic rings. The minimum absolute atomic E-state index is 0.0589. The number of amides is 2. The van der Waals surface area contributed by atoms with Crippen LogP contribution in [0.25, 0.3) is 0 Å². The minimum atomic E-state index is -1.18. The molecular weight excluding hydrogens is 304 g/mol. The number of aliphatic hydroxyl groups excluding tert-OH is 1. The van der Waals surface area contributed by atoms with Crippen molar-refractivity contribution in [3.05, 3.63) is 9.93 Å². The fourth-order valence-corrected chi connectivity index (χ4v) is 5.05. The summed E-state index contributed by atoms with van der Waals surface area (Å²) < 4.78 is 0.486. The summed E-state index contributed by atoms with van der Waals surface area (Å²) in [5.41, 5.74) is 4.97. The number of rotatable bonds is 6. The van der Waals surface area contributed by atoms with E-state index in [9.17, 15) is 24.6 Å². The standard InChI is InChI=1S/C11H14N2O5S2/c1-4(14)6-8(16)13-7(10(17)18)11(20-9(6)13)19-3-2-5(12)15/h4,6,9,14H,2-3H2,1H3,(H2,12,15)(H,17,18)/t4?,6?,9-/m1/s1. The summed E-state index contributed by atoms with van der Waals surface area (Å²) in [7, 11) is 0. The van der Waals surface area contributed by atoms with E-state index in [0.29, 0.717) is 9.99 Å². The van der Waals surface area contributed by atoms with Gasteiger partial charge in [-0.05, 0) is 6.92 Å². The molecule has 2 unspecified atom stereocenters. The normalized spacial score (nSPS) is 26.3. The number of primary amides is 1. The quantitative estimate of drug-likeness (QED) is 0.578. The van der Waals surface area contributed by atoms with Crippen molar-refractivity contribution in [3.8, 4) is 0 Å². The van der Waals surface area contributed by atoms with Crippen molar-refractivity contribution in [2.45, 2.75) is 24.8 Å². The highest BCUT2D eigenvalue weighted by Crippen LogP contribution is 2.53. The van der Waals surface area contributed by atoms with Gasteiger partial charge in [-0.1, -0.05) is 11.8 Å². The molecule has 2 amide bonds. The van der Waals surface area contributed by atoms with Crippen molar-refractivity contribution in [1.82, 2.24) is 4.90 Å². The lowest BCUT2D eigenvalue weighted by molar-refractivity contribution is -0.156. The molecular formula is C11H14N2O5S2. The first kappa shape index (κ1) is 15.2. The number of hydrogen-bond acceptors (Lipinski definition) is 6. The SMILES string of the molecule is CC(O)C1C(=O)N2C(C(=O)O)=C(SCCC(N)=O)S[C@H]12. The molecule has 0 saturated carbocycles. The Balaban J connectivity index is 2.13. The van der Waals surface area contributed by atoms with E-state index in [2.05, 4.69) is 0 Å². The Hall–Kier alpha value is -1.19. The molecule has 7 nitrogen and oxygen atoms in total. The van der Waals surface area contributed by atoms with Crippen LogP contribution in [0.1, 0.15) is 13.3 Å². The fourth-order valence-electron chi connectivity index (χ4n) is 2.10. The van der Waals surface area contributed by atoms with Crippen LogP contribution in [0, 0.1) is 5.92 Å². The number of aliphatic hydroxyl groups is 1. The number of thioether (sulfide) groups is 2. The van der Waals surface area contributed by atoms with Crippen molar-refractivity contribution in [3.63, 3.8) is 0 Å². The van der Waals surface area contributed by atoms with Gasteiger partial charge in [0.15, 0.2) is 5.70 Å². The summed E-state index contributed by atoms with van der Waals surface area (Å²) in [6.07, 6.45) is -0.679. The van der Waals surface area contributed by atoms with Crippen molar-refractivity contribution >= 4 is 41.3 Å². The van der Waals surface area contributed by atoms with E-state index in [0.717, 1.165) is 0 Å². The zero-order chi connectivity index (χ0) is 15.0. The van der Waals surface area contributed by atoms with Gasteiger partial charge in [0.05, 0.1) is 16.3 Å². The van der Waals surface area contributed by atoms with Crippen LogP contribution >= 0.6 is 23.5 Å². The number of carbonyl (C=O) groups excluding carboxylic acids is 2. The summed E-state index contributed by atoms with van der Waals surface area (Å²) in [6, 6.07) is 0. The average molecular weight is 318 g/mol. The molecule has 110 valence electrons. The molecule has 0 aliphatic carbocycles. The molecule has 1 saturated heterocycles. The predicted molar refractivity (Wildman–Crippen MR) is 74.3 cm³/mol. The molecule has 2 heterocycles. The lowest BCUT2D eigenvalue weighted by Gasteiger charge is -2.43. The van der Waals surface area contributed by atoms with Gasteiger partial charge in [0, 0.05) is 12.2 Å². The number of nitrogens with zero attached hydrogens (tertiary/aromatic N) is 1. The monoisotopic (exact) mass is 318 g/mol. The van der Waals surface area contributed by atoms with Crippen LogP contribution in [0.15, 0.2) is 9.93 Å². The molecule has 2 aliphatic heterocycles. The van der Waals surface area contributed by atoms with Gasteiger partial charge in [-0.15, -0.1) is 11.8 Å². The fraction of sp³-hybridized carbons (Fsp3) is 0.545. The highest BCUT2D eigenvalue weighted by molar-refractivity contribution is 8.22. The molecule has 0 spiro atoms. The van der Waals surface area contributed by atoms with Gasteiger partial charge < -0.3 is 15.9 Å². The number of fused-ring (bicyclic) bond motifs is 1. The van der Waals surface area contributed by atoms with Gasteiger partial charge in [-0.2, -0.15) is 0 Å². The van der Waals surface area contributed by atoms with Crippen molar-refractivity contribution in [2.75, 3.05) is 5.75 Å². The number of carboxylic acids is 1. The Kier molecular flexibility index (Phi) is 4.31. The van der Waals surface area contributed by atoms with Crippen LogP contribution in [0.4, 0.5) is 0 Å². The average Bonchev–Trinajstić information content (AvgIpc) is 2.63. The summed E-state index contributed by atoms with van der Waals surface area (Å²) in [4.78, 5) is 35.1. The van der Waals surface area contributed by atoms with E-state index in [4.69, 9.17) is 5.73 Å². The molecule has 0 aromatic carbocycles. The maximum Gasteiger partial charge on any atom is 0.354 e. The Bertz CT molecular complexity index is 505. The molecule has 0 bridgehead atoms. The molecule has 1 fully saturated rings. The van der Waals surface area contributed by atoms with Crippen LogP contribution in [0.5, 0.6) is 0 Å². The maximum absolute atomic E-state index is 11.9. The number of hydrogen-bond donors (Lipinski definition) is 3. The molecule has 0 aromatic heterocycles. The molecule has 2 rings (SSSR count). The topological polar surface area (TPSA) is 121 Å². The number of β-lactam (4-membered cyclic amide) rings is 1. The Labute approximate surface area is 123 Å². The predicted octanol–water partition coefficient (Wildman–Crippen LogP) is -0.239. The van der Waals surface area contributed by atoms with E-state index in [1.165, 1.54) is 35.3 Å². The largest absolute Gasteiger partial charge is 0.477 e. The third-order valence-electron chi connectivity index (χ3n) is 3.05. The first-order valence-electron chi connectivity index (χ1n) is 5.91. The molecule has 3 atom stereocenters. The Morgan fingerprint density at radius 2 is 2.20 bits per heavy atom. The molecule has 4 N–H and O–H groups in total. The third kappa shape index (κ3) is 2.52. The van der Waals surface area contributed by atoms with E-state index in [-0.39, 0.29) is 23.4 Å². The lowest BCUT2D eigenvalue weighted by atomic mass is 9.92. The first-order chi connectivity index (χ1) is 9.34. The molecule has 9 heteroatoms. The zero-order valence-corrected chi connectivity index (χ0v) is 12.2. The van der Waals surface area contributed by atoms with Gasteiger partial charge in [0.25, 0.3) is 0 Å². The first-order valence-corrected chi connectivity index (χ1v) is 7.77. The second kappa shape index (κ2) is 5.66. The highest BCUT2D eigenvalue weighted by Gasteiger charge is 2.57. The van der Waals surface area contributed by atoms with Crippen molar-refractivity contribution < 1.29 is 24.6 Å². The van der Waals surface area contributed by atoms with Crippen molar-refractivity contribution in [1.29, 1.82) is 0 Å². The summed E-state index contributed by atoms with van der Waals surface area (Å²) >= 11 is 2.44. The van der Waals surface area contributed by atoms with Crippen LogP contribution in [0.2, 0.25) is 0 Å². The van der Waals surface area contributed by atoms with Crippen LogP contribution in [0.3, 0.4) is 0 Å². The van der Waals surface area contributed by atoms with Crippen LogP contribution in [-0.2, 0) is 14.4 Å². The smallest absolute Gasteiger partial charge is 0.354 e. The van der Waals surface area contributed by atoms with E-state index in [1.54, 1.807) is 0 Å². The summed E-state index contributed by atoms with van der Waals surface area (Å²) in [6.45, 7) is 1.51. The van der Waals surface area contributed by atoms with E-state index >= 15 is 0 Å². The summed E-state index contributed by atoms with van der Waals surface area (Å²) in [5, 5.41) is 18.4. The summed E-state index contributed by atoms with van der Waals surface area (Å²) in [5.74, 6) is -2.23. The van der Waals surface area contributed by atoms with Crippen molar-refractivity contribution in [2.24, 2.45) is 11.7 Å². The molecule has 0 radical (unpaired) electrons. The number of nitrogens with two attached hydrogens (primary N) is 1. The van der Waals surface area contributed by atoms with E-state index < -0.39 is 23.9 Å². The third-order valence-corrected chi connectivity index (χ3v) is 5.71. The molecule has 0 aromatic rings. The van der Waals surface area contributed by atoms with Gasteiger partial charge in [-0.25, -0.2) is 4.79 Å². The second-order valence-corrected chi connectivity index (χ2v) is 6.98. The number of carbonyl (C=O) groups is 3. The number of aliphatic carboxylic acids is 1. The lowest BCUT2D eigenvalue weighted by Crippen LogP contribution is -2.60. The maximum atomic E-state index is 11.9. The van der Waals surface area contributed by atoms with Crippen LogP contribution < -0.4 is 5.73 Å². The zero-order valence-electron chi connectivity index (χ0n) is 10.6. The molecule has 20 heavy (non-hydrogen) atoms. The van der Waals surface area contributed by atoms with Gasteiger partial charge >= 0.3 is 5.97 Å².